The van der Waals surface area contributed by atoms with Gasteiger partial charge in [-0.1, -0.05) is 29.8 Å². The number of aryl methyl sites for hydroxylation is 1. The lowest BCUT2D eigenvalue weighted by Crippen LogP contribution is -1.90. The molecule has 0 N–H and O–H groups in total. The van der Waals surface area contributed by atoms with E-state index >= 15 is 0 Å². The molecule has 0 aliphatic rings. The largest absolute Gasteiger partial charge is 0.441 e. The molecule has 92 valence electrons. The Balaban J connectivity index is 2.27. The van der Waals surface area contributed by atoms with Crippen LogP contribution in [0.1, 0.15) is 27.7 Å². The van der Waals surface area contributed by atoms with Crippen molar-refractivity contribution in [2.24, 2.45) is 0 Å². The van der Waals surface area contributed by atoms with Crippen molar-refractivity contribution in [1.29, 1.82) is 0 Å². The first-order valence-corrected chi connectivity index (χ1v) is 5.93. The molecule has 0 atom stereocenters. The third kappa shape index (κ3) is 2.81. The molecule has 0 spiro atoms. The highest BCUT2D eigenvalue weighted by Crippen LogP contribution is 2.19. The van der Waals surface area contributed by atoms with Crippen LogP contribution in [0.5, 0.6) is 0 Å². The van der Waals surface area contributed by atoms with Gasteiger partial charge in [0.1, 0.15) is 5.76 Å². The molecule has 2 aromatic rings. The smallest absolute Gasteiger partial charge is 0.274 e. The minimum atomic E-state index is -0.631. The molecule has 1 heterocycles. The maximum absolute atomic E-state index is 11.0. The molecule has 3 nitrogen and oxygen atoms in total. The summed E-state index contributed by atoms with van der Waals surface area (Å²) in [5, 5.41) is -0.000634. The van der Waals surface area contributed by atoms with Crippen molar-refractivity contribution >= 4 is 40.6 Å². The van der Waals surface area contributed by atoms with Crippen LogP contribution >= 0.6 is 23.2 Å². The molecule has 0 unspecified atom stereocenters. The zero-order valence-corrected chi connectivity index (χ0v) is 11.0. The first-order chi connectivity index (χ1) is 8.58. The van der Waals surface area contributed by atoms with E-state index in [-0.39, 0.29) is 5.69 Å². The number of nitrogens with zero attached hydrogens (tertiary/aromatic N) is 1. The van der Waals surface area contributed by atoms with Gasteiger partial charge in [-0.15, -0.1) is 0 Å². The van der Waals surface area contributed by atoms with Gasteiger partial charge in [0.2, 0.25) is 5.89 Å². The highest BCUT2D eigenvalue weighted by atomic mass is 35.5. The van der Waals surface area contributed by atoms with Gasteiger partial charge in [-0.2, -0.15) is 0 Å². The number of aromatic nitrogens is 1. The summed E-state index contributed by atoms with van der Waals surface area (Å²) in [5.41, 5.74) is 0.976. The second-order valence-corrected chi connectivity index (χ2v) is 4.34. The highest BCUT2D eigenvalue weighted by molar-refractivity contribution is 6.67. The van der Waals surface area contributed by atoms with Gasteiger partial charge in [0.15, 0.2) is 5.69 Å². The van der Waals surface area contributed by atoms with E-state index < -0.39 is 5.24 Å². The van der Waals surface area contributed by atoms with Crippen LogP contribution in [0.2, 0.25) is 5.02 Å². The molecular weight excluding hydrogens is 273 g/mol. The third-order valence-corrected chi connectivity index (χ3v) is 2.83. The van der Waals surface area contributed by atoms with Crippen molar-refractivity contribution in [1.82, 2.24) is 4.98 Å². The Morgan fingerprint density at radius 3 is 2.67 bits per heavy atom. The summed E-state index contributed by atoms with van der Waals surface area (Å²) in [5.74, 6) is 0.713. The summed E-state index contributed by atoms with van der Waals surface area (Å²) in [6.07, 6.45) is 3.40. The van der Waals surface area contributed by atoms with Crippen LogP contribution in [0.3, 0.4) is 0 Å². The number of benzene rings is 1. The van der Waals surface area contributed by atoms with Crippen molar-refractivity contribution in [3.63, 3.8) is 0 Å². The molecule has 1 aromatic carbocycles. The average Bonchev–Trinajstić information content (AvgIpc) is 2.70. The lowest BCUT2D eigenvalue weighted by Gasteiger charge is -1.94. The summed E-state index contributed by atoms with van der Waals surface area (Å²) in [7, 11) is 0. The van der Waals surface area contributed by atoms with E-state index in [1.54, 1.807) is 25.1 Å². The van der Waals surface area contributed by atoms with Gasteiger partial charge in [-0.05, 0) is 36.2 Å². The molecule has 1 aromatic heterocycles. The van der Waals surface area contributed by atoms with E-state index in [1.807, 2.05) is 18.2 Å². The normalized spacial score (nSPS) is 11.1. The Labute approximate surface area is 114 Å². The Hall–Kier alpha value is -1.58. The number of carbonyl (C=O) groups excluding carboxylic acids is 1. The van der Waals surface area contributed by atoms with E-state index in [9.17, 15) is 4.79 Å². The van der Waals surface area contributed by atoms with E-state index in [4.69, 9.17) is 27.6 Å². The summed E-state index contributed by atoms with van der Waals surface area (Å²) < 4.78 is 5.29. The Kier molecular flexibility index (Phi) is 3.84. The van der Waals surface area contributed by atoms with E-state index in [0.717, 1.165) is 5.56 Å². The van der Waals surface area contributed by atoms with Crippen LogP contribution < -0.4 is 0 Å². The number of oxazole rings is 1. The monoisotopic (exact) mass is 281 g/mol. The molecule has 5 heteroatoms. The Bertz CT molecular complexity index is 617. The lowest BCUT2D eigenvalue weighted by atomic mass is 10.2. The predicted octanol–water partition coefficient (Wildman–Crippen LogP) is 4.19. The standard InChI is InChI=1S/C13H9Cl2NO2/c1-8-12(13(15)17)16-11(18-8)7-6-9-4-2-3-5-10(9)14/h2-7H,1H3. The minimum Gasteiger partial charge on any atom is -0.441 e. The molecule has 0 aliphatic heterocycles. The van der Waals surface area contributed by atoms with Gasteiger partial charge < -0.3 is 4.42 Å². The number of hydrogen-bond acceptors (Lipinski definition) is 3. The van der Waals surface area contributed by atoms with E-state index in [1.165, 1.54) is 0 Å². The second kappa shape index (κ2) is 5.38. The van der Waals surface area contributed by atoms with Crippen molar-refractivity contribution in [2.75, 3.05) is 0 Å². The third-order valence-electron chi connectivity index (χ3n) is 2.31. The van der Waals surface area contributed by atoms with Crippen LogP contribution in [-0.2, 0) is 0 Å². The van der Waals surface area contributed by atoms with Gasteiger partial charge in [-0.25, -0.2) is 4.98 Å². The highest BCUT2D eigenvalue weighted by Gasteiger charge is 2.13. The zero-order valence-electron chi connectivity index (χ0n) is 9.48. The van der Waals surface area contributed by atoms with Crippen molar-refractivity contribution in [3.05, 3.63) is 52.2 Å². The quantitative estimate of drug-likeness (QED) is 0.793. The first kappa shape index (κ1) is 12.9. The van der Waals surface area contributed by atoms with Crippen molar-refractivity contribution < 1.29 is 9.21 Å². The summed E-state index contributed by atoms with van der Waals surface area (Å²) in [6.45, 7) is 1.63. The first-order valence-electron chi connectivity index (χ1n) is 5.18. The maximum Gasteiger partial charge on any atom is 0.274 e. The molecule has 18 heavy (non-hydrogen) atoms. The molecular formula is C13H9Cl2NO2. The molecule has 0 aliphatic carbocycles. The fourth-order valence-corrected chi connectivity index (χ4v) is 1.82. The maximum atomic E-state index is 11.0. The minimum absolute atomic E-state index is 0.135. The predicted molar refractivity (Wildman–Crippen MR) is 71.8 cm³/mol. The molecule has 0 bridgehead atoms. The van der Waals surface area contributed by atoms with Gasteiger partial charge in [0, 0.05) is 11.1 Å². The van der Waals surface area contributed by atoms with E-state index in [0.29, 0.717) is 16.7 Å². The summed E-state index contributed by atoms with van der Waals surface area (Å²) >= 11 is 11.4. The molecule has 0 fully saturated rings. The number of rotatable bonds is 3. The van der Waals surface area contributed by atoms with Gasteiger partial charge in [0.05, 0.1) is 0 Å². The van der Waals surface area contributed by atoms with Crippen molar-refractivity contribution in [3.8, 4) is 0 Å². The molecule has 0 saturated heterocycles. The summed E-state index contributed by atoms with van der Waals surface area (Å²) in [6, 6.07) is 7.37. The van der Waals surface area contributed by atoms with Gasteiger partial charge in [0.25, 0.3) is 5.24 Å². The SMILES string of the molecule is Cc1oc(C=Cc2ccccc2Cl)nc1C(=O)Cl. The number of halogens is 2. The molecule has 0 radical (unpaired) electrons. The van der Waals surface area contributed by atoms with Crippen LogP contribution in [0.15, 0.2) is 28.7 Å². The lowest BCUT2D eigenvalue weighted by molar-refractivity contribution is 0.107. The van der Waals surface area contributed by atoms with E-state index in [2.05, 4.69) is 4.98 Å². The summed E-state index contributed by atoms with van der Waals surface area (Å²) in [4.78, 5) is 15.0. The van der Waals surface area contributed by atoms with Crippen molar-refractivity contribution in [2.45, 2.75) is 6.92 Å². The van der Waals surface area contributed by atoms with Gasteiger partial charge >= 0.3 is 0 Å². The fraction of sp³-hybridized carbons (Fsp3) is 0.0769. The Morgan fingerprint density at radius 2 is 2.06 bits per heavy atom. The number of hydrogen-bond donors (Lipinski definition) is 0. The molecule has 0 saturated carbocycles. The second-order valence-electron chi connectivity index (χ2n) is 3.59. The van der Waals surface area contributed by atoms with Crippen LogP contribution in [0, 0.1) is 6.92 Å². The van der Waals surface area contributed by atoms with Gasteiger partial charge in [-0.3, -0.25) is 4.79 Å². The zero-order chi connectivity index (χ0) is 13.1. The van der Waals surface area contributed by atoms with Crippen LogP contribution in [0.4, 0.5) is 0 Å². The van der Waals surface area contributed by atoms with Crippen LogP contribution in [0.25, 0.3) is 12.2 Å². The molecule has 2 rings (SSSR count). The number of carbonyl (C=O) groups is 1. The molecule has 0 amide bonds. The fourth-order valence-electron chi connectivity index (χ4n) is 1.44. The average molecular weight is 282 g/mol. The topological polar surface area (TPSA) is 43.1 Å². The van der Waals surface area contributed by atoms with Crippen LogP contribution in [-0.4, -0.2) is 10.2 Å². The Morgan fingerprint density at radius 1 is 1.33 bits per heavy atom.